The highest BCUT2D eigenvalue weighted by Crippen LogP contribution is 2.29. The van der Waals surface area contributed by atoms with Gasteiger partial charge in [-0.2, -0.15) is 0 Å². The fourth-order valence-electron chi connectivity index (χ4n) is 2.03. The van der Waals surface area contributed by atoms with E-state index in [2.05, 4.69) is 19.9 Å². The van der Waals surface area contributed by atoms with Crippen LogP contribution in [0.1, 0.15) is 46.5 Å². The summed E-state index contributed by atoms with van der Waals surface area (Å²) in [7, 11) is 0. The van der Waals surface area contributed by atoms with Crippen molar-refractivity contribution in [2.45, 2.75) is 46.5 Å². The largest absolute Gasteiger partial charge is 0.300 e. The molecular weight excluding hydrogens is 160 g/mol. The van der Waals surface area contributed by atoms with Gasteiger partial charge in [-0.25, -0.2) is 0 Å². The number of ketones is 1. The van der Waals surface area contributed by atoms with Crippen LogP contribution in [0.4, 0.5) is 0 Å². The number of hydrogen-bond acceptors (Lipinski definition) is 1. The van der Waals surface area contributed by atoms with Gasteiger partial charge in [-0.1, -0.05) is 25.5 Å². The zero-order valence-electron chi connectivity index (χ0n) is 8.97. The van der Waals surface area contributed by atoms with Gasteiger partial charge in [-0.15, -0.1) is 0 Å². The molecule has 0 spiro atoms. The van der Waals surface area contributed by atoms with Crippen molar-refractivity contribution in [1.82, 2.24) is 0 Å². The van der Waals surface area contributed by atoms with Crippen molar-refractivity contribution in [2.75, 3.05) is 0 Å². The average Bonchev–Trinajstić information content (AvgIpc) is 2.04. The van der Waals surface area contributed by atoms with Gasteiger partial charge in [0.2, 0.25) is 0 Å². The van der Waals surface area contributed by atoms with Crippen LogP contribution in [0.3, 0.4) is 0 Å². The SMILES string of the molecule is CC(=O)CC1CC=C(C(C)C)CC1. The van der Waals surface area contributed by atoms with Crippen molar-refractivity contribution in [3.63, 3.8) is 0 Å². The molecule has 13 heavy (non-hydrogen) atoms. The van der Waals surface area contributed by atoms with E-state index in [1.807, 2.05) is 0 Å². The zero-order chi connectivity index (χ0) is 9.84. The van der Waals surface area contributed by atoms with E-state index in [9.17, 15) is 4.79 Å². The van der Waals surface area contributed by atoms with Crippen molar-refractivity contribution >= 4 is 5.78 Å². The summed E-state index contributed by atoms with van der Waals surface area (Å²) in [5.74, 6) is 1.66. The van der Waals surface area contributed by atoms with Crippen LogP contribution in [0.5, 0.6) is 0 Å². The molecular formula is C12H20O. The molecule has 0 aromatic rings. The highest BCUT2D eigenvalue weighted by molar-refractivity contribution is 5.75. The molecule has 0 aromatic carbocycles. The molecule has 0 radical (unpaired) electrons. The Balaban J connectivity index is 2.42. The normalized spacial score (nSPS) is 23.1. The van der Waals surface area contributed by atoms with Crippen LogP contribution < -0.4 is 0 Å². The summed E-state index contributed by atoms with van der Waals surface area (Å²) in [6.07, 6.45) is 6.66. The fraction of sp³-hybridized carbons (Fsp3) is 0.750. The Morgan fingerprint density at radius 1 is 1.62 bits per heavy atom. The van der Waals surface area contributed by atoms with E-state index >= 15 is 0 Å². The van der Waals surface area contributed by atoms with E-state index in [0.717, 1.165) is 12.8 Å². The first kappa shape index (κ1) is 10.5. The maximum absolute atomic E-state index is 10.9. The summed E-state index contributed by atoms with van der Waals surface area (Å²) >= 11 is 0. The van der Waals surface area contributed by atoms with Gasteiger partial charge in [-0.3, -0.25) is 0 Å². The molecule has 1 aliphatic rings. The van der Waals surface area contributed by atoms with E-state index in [1.54, 1.807) is 12.5 Å². The molecule has 0 saturated heterocycles. The smallest absolute Gasteiger partial charge is 0.130 e. The van der Waals surface area contributed by atoms with E-state index in [-0.39, 0.29) is 0 Å². The van der Waals surface area contributed by atoms with Crippen LogP contribution in [-0.4, -0.2) is 5.78 Å². The summed E-state index contributed by atoms with van der Waals surface area (Å²) in [4.78, 5) is 10.9. The first-order valence-corrected chi connectivity index (χ1v) is 5.28. The molecule has 0 aromatic heterocycles. The number of Topliss-reactive ketones (excluding diaryl/α,β-unsaturated/α-hetero) is 1. The second-order valence-corrected chi connectivity index (χ2v) is 4.48. The van der Waals surface area contributed by atoms with Gasteiger partial charge >= 0.3 is 0 Å². The number of allylic oxidation sites excluding steroid dienone is 2. The molecule has 1 aliphatic carbocycles. The Bertz CT molecular complexity index is 213. The van der Waals surface area contributed by atoms with Gasteiger partial charge in [0.05, 0.1) is 0 Å². The predicted octanol–water partition coefficient (Wildman–Crippen LogP) is 3.35. The van der Waals surface area contributed by atoms with Crippen molar-refractivity contribution in [1.29, 1.82) is 0 Å². The minimum absolute atomic E-state index is 0.339. The molecule has 1 unspecified atom stereocenters. The molecule has 0 bridgehead atoms. The standard InChI is InChI=1S/C12H20O/c1-9(2)12-6-4-11(5-7-12)8-10(3)13/h6,9,11H,4-5,7-8H2,1-3H3. The molecule has 1 heteroatoms. The van der Waals surface area contributed by atoms with E-state index in [4.69, 9.17) is 0 Å². The maximum atomic E-state index is 10.9. The Hall–Kier alpha value is -0.590. The molecule has 0 aliphatic heterocycles. The van der Waals surface area contributed by atoms with Gasteiger partial charge in [0.25, 0.3) is 0 Å². The van der Waals surface area contributed by atoms with Gasteiger partial charge in [0.15, 0.2) is 0 Å². The van der Waals surface area contributed by atoms with Crippen LogP contribution in [0.25, 0.3) is 0 Å². The summed E-state index contributed by atoms with van der Waals surface area (Å²) in [6.45, 7) is 6.19. The first-order chi connectivity index (χ1) is 6.09. The highest BCUT2D eigenvalue weighted by Gasteiger charge is 2.16. The van der Waals surface area contributed by atoms with Crippen LogP contribution in [0.2, 0.25) is 0 Å². The van der Waals surface area contributed by atoms with Crippen LogP contribution in [0, 0.1) is 11.8 Å². The second kappa shape index (κ2) is 4.59. The van der Waals surface area contributed by atoms with E-state index in [0.29, 0.717) is 17.6 Å². The van der Waals surface area contributed by atoms with Crippen molar-refractivity contribution in [2.24, 2.45) is 11.8 Å². The van der Waals surface area contributed by atoms with Crippen molar-refractivity contribution in [3.8, 4) is 0 Å². The van der Waals surface area contributed by atoms with E-state index < -0.39 is 0 Å². The molecule has 1 nitrogen and oxygen atoms in total. The number of hydrogen-bond donors (Lipinski definition) is 0. The first-order valence-electron chi connectivity index (χ1n) is 5.28. The number of rotatable bonds is 3. The fourth-order valence-corrected chi connectivity index (χ4v) is 2.03. The summed E-state index contributed by atoms with van der Waals surface area (Å²) < 4.78 is 0. The number of carbonyl (C=O) groups excluding carboxylic acids is 1. The third kappa shape index (κ3) is 3.33. The Morgan fingerprint density at radius 3 is 2.69 bits per heavy atom. The lowest BCUT2D eigenvalue weighted by molar-refractivity contribution is -0.117. The molecule has 74 valence electrons. The maximum Gasteiger partial charge on any atom is 0.130 e. The van der Waals surface area contributed by atoms with Crippen molar-refractivity contribution < 1.29 is 4.79 Å². The molecule has 0 N–H and O–H groups in total. The number of carbonyl (C=O) groups is 1. The second-order valence-electron chi connectivity index (χ2n) is 4.48. The Kier molecular flexibility index (Phi) is 3.71. The highest BCUT2D eigenvalue weighted by atomic mass is 16.1. The Morgan fingerprint density at radius 2 is 2.31 bits per heavy atom. The quantitative estimate of drug-likeness (QED) is 0.609. The van der Waals surface area contributed by atoms with Crippen LogP contribution in [-0.2, 0) is 4.79 Å². The van der Waals surface area contributed by atoms with Crippen LogP contribution in [0.15, 0.2) is 11.6 Å². The molecule has 0 saturated carbocycles. The van der Waals surface area contributed by atoms with Gasteiger partial charge < -0.3 is 4.79 Å². The van der Waals surface area contributed by atoms with Crippen LogP contribution >= 0.6 is 0 Å². The molecule has 0 amide bonds. The minimum Gasteiger partial charge on any atom is -0.300 e. The minimum atomic E-state index is 0.339. The third-order valence-electron chi connectivity index (χ3n) is 2.87. The predicted molar refractivity (Wildman–Crippen MR) is 55.6 cm³/mol. The lowest BCUT2D eigenvalue weighted by Crippen LogP contribution is -2.11. The summed E-state index contributed by atoms with van der Waals surface area (Å²) in [6, 6.07) is 0. The van der Waals surface area contributed by atoms with Crippen molar-refractivity contribution in [3.05, 3.63) is 11.6 Å². The van der Waals surface area contributed by atoms with E-state index in [1.165, 1.54) is 12.8 Å². The monoisotopic (exact) mass is 180 g/mol. The molecule has 0 fully saturated rings. The molecule has 1 atom stereocenters. The molecule has 0 heterocycles. The average molecular weight is 180 g/mol. The molecule has 1 rings (SSSR count). The summed E-state index contributed by atoms with van der Waals surface area (Å²) in [5.41, 5.74) is 1.58. The van der Waals surface area contributed by atoms with Gasteiger partial charge in [0, 0.05) is 6.42 Å². The van der Waals surface area contributed by atoms with Gasteiger partial charge in [0.1, 0.15) is 5.78 Å². The topological polar surface area (TPSA) is 17.1 Å². The Labute approximate surface area is 81.2 Å². The lowest BCUT2D eigenvalue weighted by Gasteiger charge is -2.22. The lowest BCUT2D eigenvalue weighted by atomic mass is 9.83. The van der Waals surface area contributed by atoms with Gasteiger partial charge in [-0.05, 0) is 38.0 Å². The summed E-state index contributed by atoms with van der Waals surface area (Å²) in [5, 5.41) is 0. The third-order valence-corrected chi connectivity index (χ3v) is 2.87. The zero-order valence-corrected chi connectivity index (χ0v) is 8.97.